The van der Waals surface area contributed by atoms with Crippen LogP contribution in [0, 0.1) is 5.41 Å². The van der Waals surface area contributed by atoms with Gasteiger partial charge in [0.25, 0.3) is 0 Å². The van der Waals surface area contributed by atoms with E-state index in [2.05, 4.69) is 4.74 Å². The standard InChI is InChI=1S/C21H28F3NO4/c1-13(2)29-17-12-20(9-8-16(17)26)10-11-25(19(20)27)15-6-4-14(5-7-15)18(28-3)21(22,23)24/h4-7,13,16-18,26H,8-12H2,1-3H3/t16-,17-,18-,20-/m1/s1. The van der Waals surface area contributed by atoms with Crippen LogP contribution in [-0.2, 0) is 14.3 Å². The van der Waals surface area contributed by atoms with E-state index in [0.29, 0.717) is 37.9 Å². The Morgan fingerprint density at radius 3 is 2.41 bits per heavy atom. The number of nitrogens with zero attached hydrogens (tertiary/aromatic N) is 1. The third-order valence-electron chi connectivity index (χ3n) is 5.94. The Morgan fingerprint density at radius 1 is 1.21 bits per heavy atom. The highest BCUT2D eigenvalue weighted by atomic mass is 19.4. The number of anilines is 1. The van der Waals surface area contributed by atoms with Crippen molar-refractivity contribution in [1.29, 1.82) is 0 Å². The van der Waals surface area contributed by atoms with Gasteiger partial charge in [-0.25, -0.2) is 0 Å². The Balaban J connectivity index is 1.76. The van der Waals surface area contributed by atoms with Crippen molar-refractivity contribution in [3.8, 4) is 0 Å². The number of amides is 1. The van der Waals surface area contributed by atoms with E-state index in [4.69, 9.17) is 4.74 Å². The van der Waals surface area contributed by atoms with E-state index in [1.165, 1.54) is 24.3 Å². The van der Waals surface area contributed by atoms with E-state index < -0.39 is 23.8 Å². The van der Waals surface area contributed by atoms with Gasteiger partial charge in [0, 0.05) is 19.3 Å². The van der Waals surface area contributed by atoms with Crippen LogP contribution in [0.25, 0.3) is 0 Å². The number of aliphatic hydroxyl groups is 1. The Labute approximate surface area is 168 Å². The molecule has 0 unspecified atom stereocenters. The van der Waals surface area contributed by atoms with Crippen LogP contribution in [0.4, 0.5) is 18.9 Å². The zero-order chi connectivity index (χ0) is 21.4. The van der Waals surface area contributed by atoms with Crippen molar-refractivity contribution in [3.63, 3.8) is 0 Å². The van der Waals surface area contributed by atoms with Gasteiger partial charge in [0.1, 0.15) is 0 Å². The summed E-state index contributed by atoms with van der Waals surface area (Å²) in [7, 11) is 1.02. The van der Waals surface area contributed by atoms with E-state index >= 15 is 0 Å². The first-order chi connectivity index (χ1) is 13.6. The van der Waals surface area contributed by atoms with Crippen LogP contribution in [0.15, 0.2) is 24.3 Å². The van der Waals surface area contributed by atoms with Crippen LogP contribution >= 0.6 is 0 Å². The van der Waals surface area contributed by atoms with Crippen LogP contribution < -0.4 is 4.90 Å². The predicted octanol–water partition coefficient (Wildman–Crippen LogP) is 4.00. The molecule has 1 saturated heterocycles. The van der Waals surface area contributed by atoms with Crippen molar-refractivity contribution in [1.82, 2.24) is 0 Å². The number of methoxy groups -OCH3 is 1. The fraction of sp³-hybridized carbons (Fsp3) is 0.667. The average molecular weight is 415 g/mol. The van der Waals surface area contributed by atoms with Crippen molar-refractivity contribution in [2.45, 2.75) is 70.1 Å². The first-order valence-corrected chi connectivity index (χ1v) is 9.92. The number of halogens is 3. The second-order valence-corrected chi connectivity index (χ2v) is 8.27. The van der Waals surface area contributed by atoms with Crippen molar-refractivity contribution in [2.75, 3.05) is 18.6 Å². The number of carbonyl (C=O) groups is 1. The summed E-state index contributed by atoms with van der Waals surface area (Å²) in [6.07, 6.45) is -5.34. The molecule has 5 nitrogen and oxygen atoms in total. The fourth-order valence-electron chi connectivity index (χ4n) is 4.50. The van der Waals surface area contributed by atoms with Crippen LogP contribution in [0.3, 0.4) is 0 Å². The zero-order valence-electron chi connectivity index (χ0n) is 16.9. The Bertz CT molecular complexity index is 722. The van der Waals surface area contributed by atoms with Gasteiger partial charge >= 0.3 is 6.18 Å². The zero-order valence-corrected chi connectivity index (χ0v) is 16.9. The third kappa shape index (κ3) is 4.44. The highest BCUT2D eigenvalue weighted by molar-refractivity contribution is 6.00. The van der Waals surface area contributed by atoms with Crippen LogP contribution in [-0.4, -0.2) is 49.2 Å². The number of rotatable bonds is 5. The van der Waals surface area contributed by atoms with E-state index in [9.17, 15) is 23.1 Å². The van der Waals surface area contributed by atoms with Crippen LogP contribution in [0.2, 0.25) is 0 Å². The maximum atomic E-state index is 13.2. The minimum Gasteiger partial charge on any atom is -0.390 e. The molecule has 1 aliphatic carbocycles. The van der Waals surface area contributed by atoms with Gasteiger partial charge in [0.05, 0.1) is 23.7 Å². The van der Waals surface area contributed by atoms with Gasteiger partial charge in [-0.05, 0) is 57.2 Å². The Hall–Kier alpha value is -1.64. The molecule has 1 N–H and O–H groups in total. The van der Waals surface area contributed by atoms with Crippen LogP contribution in [0.5, 0.6) is 0 Å². The normalized spacial score (nSPS) is 29.1. The van der Waals surface area contributed by atoms with Crippen LogP contribution in [0.1, 0.15) is 51.2 Å². The van der Waals surface area contributed by atoms with Gasteiger partial charge < -0.3 is 19.5 Å². The lowest BCUT2D eigenvalue weighted by molar-refractivity contribution is -0.215. The van der Waals surface area contributed by atoms with Gasteiger partial charge in [0.2, 0.25) is 5.91 Å². The van der Waals surface area contributed by atoms with Gasteiger partial charge in [-0.1, -0.05) is 12.1 Å². The number of benzene rings is 1. The van der Waals surface area contributed by atoms with Gasteiger partial charge in [0.15, 0.2) is 6.10 Å². The molecular formula is C21H28F3NO4. The molecule has 29 heavy (non-hydrogen) atoms. The number of carbonyl (C=O) groups excluding carboxylic acids is 1. The molecule has 1 amide bonds. The monoisotopic (exact) mass is 415 g/mol. The number of aliphatic hydroxyl groups excluding tert-OH is 1. The molecule has 0 bridgehead atoms. The SMILES string of the molecule is CO[C@H](c1ccc(N2CC[C@@]3(CC[C@@H](O)[C@H](OC(C)C)C3)C2=O)cc1)C(F)(F)F. The lowest BCUT2D eigenvalue weighted by Gasteiger charge is -2.40. The highest BCUT2D eigenvalue weighted by Crippen LogP contribution is 2.47. The van der Waals surface area contributed by atoms with Crippen molar-refractivity contribution in [2.24, 2.45) is 5.41 Å². The Morgan fingerprint density at radius 2 is 1.86 bits per heavy atom. The molecule has 2 aliphatic rings. The summed E-state index contributed by atoms with van der Waals surface area (Å²) in [5.74, 6) is -0.0476. The lowest BCUT2D eigenvalue weighted by atomic mass is 9.70. The van der Waals surface area contributed by atoms with E-state index in [-0.39, 0.29) is 23.7 Å². The molecule has 0 radical (unpaired) electrons. The topological polar surface area (TPSA) is 59.0 Å². The summed E-state index contributed by atoms with van der Waals surface area (Å²) in [5.41, 5.74) is -0.0187. The second kappa shape index (κ2) is 8.24. The molecular weight excluding hydrogens is 387 g/mol. The Kier molecular flexibility index (Phi) is 6.27. The van der Waals surface area contributed by atoms with Gasteiger partial charge in [-0.15, -0.1) is 0 Å². The molecule has 1 aromatic carbocycles. The number of hydrogen-bond donors (Lipinski definition) is 1. The molecule has 1 aromatic rings. The summed E-state index contributed by atoms with van der Waals surface area (Å²) in [5, 5.41) is 10.2. The van der Waals surface area contributed by atoms with E-state index in [1.54, 1.807) is 4.90 Å². The maximum absolute atomic E-state index is 13.2. The van der Waals surface area contributed by atoms with E-state index in [0.717, 1.165) is 7.11 Å². The van der Waals surface area contributed by atoms with Gasteiger partial charge in [-0.3, -0.25) is 4.79 Å². The summed E-state index contributed by atoms with van der Waals surface area (Å²) in [4.78, 5) is 14.9. The molecule has 1 saturated carbocycles. The molecule has 1 spiro atoms. The summed E-state index contributed by atoms with van der Waals surface area (Å²) >= 11 is 0. The first-order valence-electron chi connectivity index (χ1n) is 9.92. The number of alkyl halides is 3. The van der Waals surface area contributed by atoms with Crippen molar-refractivity contribution >= 4 is 11.6 Å². The molecule has 1 aliphatic heterocycles. The average Bonchev–Trinajstić information content (AvgIpc) is 2.94. The molecule has 3 rings (SSSR count). The number of ether oxygens (including phenoxy) is 2. The van der Waals surface area contributed by atoms with E-state index in [1.807, 2.05) is 13.8 Å². The van der Waals surface area contributed by atoms with Gasteiger partial charge in [-0.2, -0.15) is 13.2 Å². The molecule has 162 valence electrons. The smallest absolute Gasteiger partial charge is 0.390 e. The molecule has 0 aromatic heterocycles. The lowest BCUT2D eigenvalue weighted by Crippen LogP contribution is -2.46. The predicted molar refractivity (Wildman–Crippen MR) is 102 cm³/mol. The summed E-state index contributed by atoms with van der Waals surface area (Å²) in [6.45, 7) is 4.29. The van der Waals surface area contributed by atoms with Crippen molar-refractivity contribution in [3.05, 3.63) is 29.8 Å². The fourth-order valence-corrected chi connectivity index (χ4v) is 4.50. The summed E-state index contributed by atoms with van der Waals surface area (Å²) < 4.78 is 49.5. The second-order valence-electron chi connectivity index (χ2n) is 8.27. The summed E-state index contributed by atoms with van der Waals surface area (Å²) in [6, 6.07) is 5.77. The molecule has 8 heteroatoms. The molecule has 4 atom stereocenters. The maximum Gasteiger partial charge on any atom is 0.418 e. The van der Waals surface area contributed by atoms with Crippen molar-refractivity contribution < 1.29 is 32.5 Å². The highest BCUT2D eigenvalue weighted by Gasteiger charge is 2.52. The largest absolute Gasteiger partial charge is 0.418 e. The minimum absolute atomic E-state index is 0.00343. The quantitative estimate of drug-likeness (QED) is 0.790. The molecule has 2 fully saturated rings. The molecule has 1 heterocycles. The third-order valence-corrected chi connectivity index (χ3v) is 5.94. The first kappa shape index (κ1) is 22.1. The number of hydrogen-bond acceptors (Lipinski definition) is 4. The minimum atomic E-state index is -4.50.